The quantitative estimate of drug-likeness (QED) is 0.289. The van der Waals surface area contributed by atoms with Crippen molar-refractivity contribution in [3.8, 4) is 0 Å². The van der Waals surface area contributed by atoms with Crippen LogP contribution in [0.15, 0.2) is 42.0 Å². The number of hydrogen-bond acceptors (Lipinski definition) is 3. The summed E-state index contributed by atoms with van der Waals surface area (Å²) in [7, 11) is 0. The van der Waals surface area contributed by atoms with Gasteiger partial charge in [0.15, 0.2) is 0 Å². The lowest BCUT2D eigenvalue weighted by Gasteiger charge is -2.62. The van der Waals surface area contributed by atoms with Crippen LogP contribution in [0.5, 0.6) is 0 Å². The maximum Gasteiger partial charge on any atom is 0.338 e. The topological polar surface area (TPSA) is 46.5 Å². The molecule has 0 unspecified atom stereocenters. The van der Waals surface area contributed by atoms with E-state index in [9.17, 15) is 9.90 Å². The standard InChI is InChI=1S/C35H52O3/c1-23(2)11-10-12-24(3)28-15-16-29-31-30(18-20-34(28,29)5)33(4)19-17-27(21-26(33)22-35(31,6)37)38-32(36)25-13-8-7-9-14-25/h7-9,13-14,22-24,27-31,37H,10-12,15-21H2,1-6H3/t24-,27+,28-,29+,30+,31+,33+,34-,35+/m1/s1. The molecule has 1 aromatic rings. The SMILES string of the molecule is CC(C)CCC[C@@H](C)[C@H]1CC[C@H]2[C@H]3[C@H](CC[C@]12C)[C@@]1(C)CC[C@H](OC(=O)c2ccccc2)CC1=C[C@]3(C)O. The van der Waals surface area contributed by atoms with E-state index in [1.54, 1.807) is 0 Å². The van der Waals surface area contributed by atoms with Crippen LogP contribution in [0.25, 0.3) is 0 Å². The van der Waals surface area contributed by atoms with Gasteiger partial charge in [0.1, 0.15) is 6.10 Å². The van der Waals surface area contributed by atoms with Crippen LogP contribution in [0.1, 0.15) is 116 Å². The number of carbonyl (C=O) groups excluding carboxylic acids is 1. The van der Waals surface area contributed by atoms with Crippen molar-refractivity contribution in [1.82, 2.24) is 0 Å². The Balaban J connectivity index is 1.33. The average Bonchev–Trinajstić information content (AvgIpc) is 3.22. The van der Waals surface area contributed by atoms with Crippen molar-refractivity contribution in [3.63, 3.8) is 0 Å². The third-order valence-electron chi connectivity index (χ3n) is 11.9. The summed E-state index contributed by atoms with van der Waals surface area (Å²) in [6, 6.07) is 9.33. The lowest BCUT2D eigenvalue weighted by atomic mass is 9.44. The van der Waals surface area contributed by atoms with Gasteiger partial charge in [-0.2, -0.15) is 0 Å². The van der Waals surface area contributed by atoms with E-state index in [0.29, 0.717) is 28.7 Å². The van der Waals surface area contributed by atoms with Crippen molar-refractivity contribution in [2.75, 3.05) is 0 Å². The highest BCUT2D eigenvalue weighted by Crippen LogP contribution is 2.69. The van der Waals surface area contributed by atoms with E-state index in [1.807, 2.05) is 30.3 Å². The summed E-state index contributed by atoms with van der Waals surface area (Å²) >= 11 is 0. The number of esters is 1. The van der Waals surface area contributed by atoms with Gasteiger partial charge >= 0.3 is 5.97 Å². The van der Waals surface area contributed by atoms with Crippen molar-refractivity contribution in [2.45, 2.75) is 117 Å². The molecule has 0 bridgehead atoms. The van der Waals surface area contributed by atoms with Crippen LogP contribution >= 0.6 is 0 Å². The molecule has 3 nitrogen and oxygen atoms in total. The smallest absolute Gasteiger partial charge is 0.338 e. The Morgan fingerprint density at radius 2 is 1.71 bits per heavy atom. The van der Waals surface area contributed by atoms with Gasteiger partial charge in [-0.15, -0.1) is 0 Å². The molecule has 0 heterocycles. The zero-order valence-corrected chi connectivity index (χ0v) is 24.8. The minimum absolute atomic E-state index is 0.102. The van der Waals surface area contributed by atoms with Crippen LogP contribution in [0.3, 0.4) is 0 Å². The fourth-order valence-corrected chi connectivity index (χ4v) is 9.89. The van der Waals surface area contributed by atoms with Gasteiger partial charge in [-0.25, -0.2) is 4.79 Å². The first kappa shape index (κ1) is 27.9. The molecule has 0 aromatic heterocycles. The first-order valence-electron chi connectivity index (χ1n) is 15.7. The number of aliphatic hydroxyl groups is 1. The summed E-state index contributed by atoms with van der Waals surface area (Å²) in [6.45, 7) is 14.3. The maximum absolute atomic E-state index is 12.8. The number of rotatable bonds is 7. The number of hydrogen-bond donors (Lipinski definition) is 1. The second-order valence-electron chi connectivity index (χ2n) is 14.7. The van der Waals surface area contributed by atoms with Gasteiger partial charge < -0.3 is 9.84 Å². The molecule has 0 radical (unpaired) electrons. The van der Waals surface area contributed by atoms with Gasteiger partial charge in [0.05, 0.1) is 11.2 Å². The fraction of sp³-hybridized carbons (Fsp3) is 0.743. The average molecular weight is 521 g/mol. The Bertz CT molecular complexity index is 1020. The van der Waals surface area contributed by atoms with E-state index in [4.69, 9.17) is 4.74 Å². The zero-order chi connectivity index (χ0) is 27.3. The van der Waals surface area contributed by atoms with E-state index in [2.05, 4.69) is 47.6 Å². The lowest BCUT2D eigenvalue weighted by molar-refractivity contribution is -0.133. The highest BCUT2D eigenvalue weighted by Gasteiger charge is 2.63. The fourth-order valence-electron chi connectivity index (χ4n) is 9.89. The molecule has 38 heavy (non-hydrogen) atoms. The van der Waals surface area contributed by atoms with Crippen molar-refractivity contribution in [1.29, 1.82) is 0 Å². The predicted molar refractivity (Wildman–Crippen MR) is 155 cm³/mol. The van der Waals surface area contributed by atoms with Gasteiger partial charge in [0.25, 0.3) is 0 Å². The first-order valence-corrected chi connectivity index (χ1v) is 15.7. The van der Waals surface area contributed by atoms with Crippen molar-refractivity contribution < 1.29 is 14.6 Å². The van der Waals surface area contributed by atoms with E-state index in [-0.39, 0.29) is 17.5 Å². The van der Waals surface area contributed by atoms with Gasteiger partial charge in [-0.05, 0) is 104 Å². The summed E-state index contributed by atoms with van der Waals surface area (Å²) in [5, 5.41) is 12.1. The normalized spacial score (nSPS) is 41.1. The molecule has 4 aliphatic carbocycles. The predicted octanol–water partition coefficient (Wildman–Crippen LogP) is 8.61. The minimum atomic E-state index is -0.799. The summed E-state index contributed by atoms with van der Waals surface area (Å²) < 4.78 is 5.99. The number of ether oxygens (including phenoxy) is 1. The second-order valence-corrected chi connectivity index (χ2v) is 14.7. The molecule has 0 amide bonds. The van der Waals surface area contributed by atoms with Gasteiger partial charge in [-0.3, -0.25) is 0 Å². The molecular weight excluding hydrogens is 468 g/mol. The second kappa shape index (κ2) is 10.4. The summed E-state index contributed by atoms with van der Waals surface area (Å²) in [4.78, 5) is 12.8. The number of benzene rings is 1. The molecule has 4 aliphatic rings. The summed E-state index contributed by atoms with van der Waals surface area (Å²) in [6.07, 6.45) is 14.0. The molecule has 0 saturated heterocycles. The van der Waals surface area contributed by atoms with E-state index in [1.165, 1.54) is 50.5 Å². The van der Waals surface area contributed by atoms with Crippen LogP contribution in [0.4, 0.5) is 0 Å². The Hall–Kier alpha value is -1.61. The molecule has 3 heteroatoms. The molecule has 1 N–H and O–H groups in total. The maximum atomic E-state index is 12.8. The van der Waals surface area contributed by atoms with Crippen LogP contribution < -0.4 is 0 Å². The molecular formula is C35H52O3. The molecule has 3 fully saturated rings. The molecule has 5 rings (SSSR count). The van der Waals surface area contributed by atoms with Crippen molar-refractivity contribution in [2.24, 2.45) is 46.3 Å². The molecule has 0 spiro atoms. The van der Waals surface area contributed by atoms with Gasteiger partial charge in [0, 0.05) is 6.42 Å². The highest BCUT2D eigenvalue weighted by molar-refractivity contribution is 5.89. The van der Waals surface area contributed by atoms with Crippen LogP contribution in [-0.2, 0) is 4.74 Å². The van der Waals surface area contributed by atoms with Crippen molar-refractivity contribution >= 4 is 5.97 Å². The number of carbonyl (C=O) groups is 1. The lowest BCUT2D eigenvalue weighted by Crippen LogP contribution is -2.59. The molecule has 9 atom stereocenters. The Morgan fingerprint density at radius 1 is 0.974 bits per heavy atom. The highest BCUT2D eigenvalue weighted by atomic mass is 16.5. The monoisotopic (exact) mass is 520 g/mol. The Kier molecular flexibility index (Phi) is 7.66. The third-order valence-corrected chi connectivity index (χ3v) is 11.9. The zero-order valence-electron chi connectivity index (χ0n) is 24.8. The Labute approximate surface area is 231 Å². The third kappa shape index (κ3) is 4.91. The van der Waals surface area contributed by atoms with Gasteiger partial charge in [-0.1, -0.05) is 83.7 Å². The van der Waals surface area contributed by atoms with Crippen LogP contribution in [-0.4, -0.2) is 22.8 Å². The van der Waals surface area contributed by atoms with E-state index >= 15 is 0 Å². The molecule has 0 aliphatic heterocycles. The Morgan fingerprint density at radius 3 is 2.42 bits per heavy atom. The first-order chi connectivity index (χ1) is 18.0. The van der Waals surface area contributed by atoms with Gasteiger partial charge in [0.2, 0.25) is 0 Å². The van der Waals surface area contributed by atoms with E-state index < -0.39 is 5.60 Å². The summed E-state index contributed by atoms with van der Waals surface area (Å²) in [5.41, 5.74) is 1.59. The molecule has 3 saturated carbocycles. The number of fused-ring (bicyclic) bond motifs is 5. The molecule has 1 aromatic carbocycles. The largest absolute Gasteiger partial charge is 0.458 e. The van der Waals surface area contributed by atoms with Crippen LogP contribution in [0.2, 0.25) is 0 Å². The molecule has 210 valence electrons. The minimum Gasteiger partial charge on any atom is -0.458 e. The van der Waals surface area contributed by atoms with Crippen molar-refractivity contribution in [3.05, 3.63) is 47.5 Å². The van der Waals surface area contributed by atoms with E-state index in [0.717, 1.165) is 37.0 Å². The summed E-state index contributed by atoms with van der Waals surface area (Å²) in [5.74, 6) is 3.54. The van der Waals surface area contributed by atoms with Crippen LogP contribution in [0, 0.1) is 46.3 Å².